The molecule has 0 bridgehead atoms. The molecule has 1 aromatic heterocycles. The molecule has 0 spiro atoms. The summed E-state index contributed by atoms with van der Waals surface area (Å²) in [5, 5.41) is 3.74. The van der Waals surface area contributed by atoms with Crippen molar-refractivity contribution in [3.8, 4) is 10.6 Å². The van der Waals surface area contributed by atoms with Crippen LogP contribution in [-0.2, 0) is 11.2 Å². The highest BCUT2D eigenvalue weighted by Gasteiger charge is 2.40. The van der Waals surface area contributed by atoms with Gasteiger partial charge in [-0.15, -0.1) is 11.3 Å². The smallest absolute Gasteiger partial charge is 0.264 e. The highest BCUT2D eigenvalue weighted by molar-refractivity contribution is 7.17. The first-order valence-corrected chi connectivity index (χ1v) is 9.96. The third kappa shape index (κ3) is 3.65. The first kappa shape index (κ1) is 18.6. The normalized spacial score (nSPS) is 16.2. The maximum Gasteiger partial charge on any atom is 0.264 e. The Hall–Kier alpha value is -2.21. The second kappa shape index (κ2) is 7.58. The van der Waals surface area contributed by atoms with Crippen molar-refractivity contribution in [1.29, 1.82) is 0 Å². The van der Waals surface area contributed by atoms with Gasteiger partial charge in [-0.2, -0.15) is 0 Å². The monoisotopic (exact) mass is 371 g/mol. The van der Waals surface area contributed by atoms with Crippen LogP contribution in [0.15, 0.2) is 24.3 Å². The van der Waals surface area contributed by atoms with Gasteiger partial charge in [-0.3, -0.25) is 9.59 Å². The van der Waals surface area contributed by atoms with E-state index >= 15 is 0 Å². The van der Waals surface area contributed by atoms with Gasteiger partial charge in [0, 0.05) is 5.56 Å². The Kier molecular flexibility index (Phi) is 5.41. The maximum atomic E-state index is 12.8. The average molecular weight is 372 g/mol. The van der Waals surface area contributed by atoms with Crippen LogP contribution in [0.2, 0.25) is 0 Å². The van der Waals surface area contributed by atoms with Crippen molar-refractivity contribution in [2.75, 3.05) is 0 Å². The van der Waals surface area contributed by atoms with E-state index in [1.165, 1.54) is 16.9 Å². The van der Waals surface area contributed by atoms with Crippen molar-refractivity contribution < 1.29 is 9.59 Å². The van der Waals surface area contributed by atoms with Crippen LogP contribution in [-0.4, -0.2) is 22.3 Å². The lowest BCUT2D eigenvalue weighted by atomic mass is 9.81. The summed E-state index contributed by atoms with van der Waals surface area (Å²) in [7, 11) is 0. The quantitative estimate of drug-likeness (QED) is 0.842. The maximum absolute atomic E-state index is 12.8. The van der Waals surface area contributed by atoms with Crippen molar-refractivity contribution in [1.82, 2.24) is 10.3 Å². The summed E-state index contributed by atoms with van der Waals surface area (Å²) in [6.45, 7) is 3.94. The van der Waals surface area contributed by atoms with Gasteiger partial charge in [-0.05, 0) is 31.7 Å². The van der Waals surface area contributed by atoms with E-state index in [-0.39, 0.29) is 5.91 Å². The van der Waals surface area contributed by atoms with Crippen LogP contribution in [0.5, 0.6) is 0 Å². The van der Waals surface area contributed by atoms with Crippen LogP contribution in [0.25, 0.3) is 10.6 Å². The number of thiazole rings is 1. The molecule has 0 atom stereocenters. The van der Waals surface area contributed by atoms with E-state index in [1.54, 1.807) is 0 Å². The lowest BCUT2D eigenvalue weighted by Gasteiger charge is -2.34. The molecule has 2 aromatic rings. The van der Waals surface area contributed by atoms with E-state index in [1.807, 2.05) is 19.1 Å². The molecule has 0 unspecified atom stereocenters. The summed E-state index contributed by atoms with van der Waals surface area (Å²) in [5.41, 5.74) is 7.64. The zero-order valence-electron chi connectivity index (χ0n) is 15.3. The third-order valence-corrected chi connectivity index (χ3v) is 6.35. The highest BCUT2D eigenvalue weighted by atomic mass is 32.1. The van der Waals surface area contributed by atoms with Crippen molar-refractivity contribution >= 4 is 23.2 Å². The molecule has 5 nitrogen and oxygen atoms in total. The van der Waals surface area contributed by atoms with E-state index in [0.717, 1.165) is 36.3 Å². The Bertz CT molecular complexity index is 805. The van der Waals surface area contributed by atoms with Crippen LogP contribution in [0.1, 0.15) is 60.0 Å². The molecule has 138 valence electrons. The number of amides is 2. The Labute approximate surface area is 158 Å². The molecule has 1 fully saturated rings. The number of carbonyl (C=O) groups excluding carboxylic acids is 2. The fourth-order valence-electron chi connectivity index (χ4n) is 3.48. The molecule has 6 heteroatoms. The third-order valence-electron chi connectivity index (χ3n) is 5.14. The second-order valence-corrected chi connectivity index (χ2v) is 7.94. The number of hydrogen-bond acceptors (Lipinski definition) is 4. The standard InChI is InChI=1S/C20H25N3O2S/c1-3-14-7-9-15(10-8-14)18-22-13(2)16(26-18)17(24)23-20(19(21)25)11-5-4-6-12-20/h7-10H,3-6,11-12H2,1-2H3,(H2,21,25)(H,23,24). The van der Waals surface area contributed by atoms with Gasteiger partial charge in [-0.25, -0.2) is 4.98 Å². The molecule has 1 heterocycles. The molecule has 2 amide bonds. The average Bonchev–Trinajstić information content (AvgIpc) is 3.04. The summed E-state index contributed by atoms with van der Waals surface area (Å²) in [5.74, 6) is -0.694. The van der Waals surface area contributed by atoms with Gasteiger partial charge in [0.25, 0.3) is 5.91 Å². The van der Waals surface area contributed by atoms with Gasteiger partial charge in [0.15, 0.2) is 0 Å². The van der Waals surface area contributed by atoms with E-state index in [2.05, 4.69) is 29.4 Å². The number of hydrogen-bond donors (Lipinski definition) is 2. The first-order valence-electron chi connectivity index (χ1n) is 9.14. The lowest BCUT2D eigenvalue weighted by Crippen LogP contribution is -2.58. The SMILES string of the molecule is CCc1ccc(-c2nc(C)c(C(=O)NC3(C(N)=O)CCCCC3)s2)cc1. The van der Waals surface area contributed by atoms with Crippen molar-refractivity contribution in [2.24, 2.45) is 5.73 Å². The van der Waals surface area contributed by atoms with Gasteiger partial charge in [0.1, 0.15) is 15.4 Å². The minimum atomic E-state index is -0.922. The van der Waals surface area contributed by atoms with E-state index in [9.17, 15) is 9.59 Å². The minimum Gasteiger partial charge on any atom is -0.368 e. The molecular weight excluding hydrogens is 346 g/mol. The van der Waals surface area contributed by atoms with Gasteiger partial charge in [0.05, 0.1) is 5.69 Å². The Morgan fingerprint density at radius 3 is 2.42 bits per heavy atom. The molecule has 3 rings (SSSR count). The van der Waals surface area contributed by atoms with Crippen molar-refractivity contribution in [3.63, 3.8) is 0 Å². The number of nitrogens with one attached hydrogen (secondary N) is 1. The minimum absolute atomic E-state index is 0.253. The van der Waals surface area contributed by atoms with Crippen molar-refractivity contribution in [2.45, 2.75) is 57.9 Å². The largest absolute Gasteiger partial charge is 0.368 e. The highest BCUT2D eigenvalue weighted by Crippen LogP contribution is 2.31. The predicted octanol–water partition coefficient (Wildman–Crippen LogP) is 3.60. The fourth-order valence-corrected chi connectivity index (χ4v) is 4.44. The molecule has 1 aromatic carbocycles. The van der Waals surface area contributed by atoms with Gasteiger partial charge in [-0.1, -0.05) is 50.5 Å². The van der Waals surface area contributed by atoms with Gasteiger partial charge in [0.2, 0.25) is 5.91 Å². The predicted molar refractivity (Wildman–Crippen MR) is 104 cm³/mol. The van der Waals surface area contributed by atoms with Gasteiger partial charge < -0.3 is 11.1 Å². The lowest BCUT2D eigenvalue weighted by molar-refractivity contribution is -0.125. The molecule has 0 saturated heterocycles. The second-order valence-electron chi connectivity index (χ2n) is 6.95. The van der Waals surface area contributed by atoms with Crippen molar-refractivity contribution in [3.05, 3.63) is 40.4 Å². The summed E-state index contributed by atoms with van der Waals surface area (Å²) in [4.78, 5) is 30.0. The van der Waals surface area contributed by atoms with E-state index in [4.69, 9.17) is 5.73 Å². The Morgan fingerprint density at radius 1 is 1.19 bits per heavy atom. The summed E-state index contributed by atoms with van der Waals surface area (Å²) < 4.78 is 0. The Morgan fingerprint density at radius 2 is 1.85 bits per heavy atom. The first-order chi connectivity index (χ1) is 12.4. The van der Waals surface area contributed by atoms with Crippen LogP contribution in [0, 0.1) is 6.92 Å². The number of aryl methyl sites for hydroxylation is 2. The molecule has 1 saturated carbocycles. The number of aromatic nitrogens is 1. The zero-order valence-corrected chi connectivity index (χ0v) is 16.1. The van der Waals surface area contributed by atoms with E-state index < -0.39 is 11.4 Å². The number of rotatable bonds is 5. The topological polar surface area (TPSA) is 85.1 Å². The van der Waals surface area contributed by atoms with Crippen LogP contribution < -0.4 is 11.1 Å². The number of benzene rings is 1. The molecule has 3 N–H and O–H groups in total. The summed E-state index contributed by atoms with van der Waals surface area (Å²) >= 11 is 1.36. The summed E-state index contributed by atoms with van der Waals surface area (Å²) in [6, 6.07) is 8.22. The van der Waals surface area contributed by atoms with Crippen LogP contribution in [0.3, 0.4) is 0 Å². The number of carbonyl (C=O) groups is 2. The molecule has 1 aliphatic carbocycles. The molecule has 0 radical (unpaired) electrons. The Balaban J connectivity index is 1.83. The van der Waals surface area contributed by atoms with Crippen LogP contribution in [0.4, 0.5) is 0 Å². The molecule has 1 aliphatic rings. The molecular formula is C20H25N3O2S. The van der Waals surface area contributed by atoms with Crippen LogP contribution >= 0.6 is 11.3 Å². The molecule has 0 aliphatic heterocycles. The fraction of sp³-hybridized carbons (Fsp3) is 0.450. The van der Waals surface area contributed by atoms with Gasteiger partial charge >= 0.3 is 0 Å². The zero-order chi connectivity index (χ0) is 18.7. The molecule has 26 heavy (non-hydrogen) atoms. The number of nitrogens with two attached hydrogens (primary N) is 1. The number of nitrogens with zero attached hydrogens (tertiary/aromatic N) is 1. The van der Waals surface area contributed by atoms with E-state index in [0.29, 0.717) is 23.4 Å². The summed E-state index contributed by atoms with van der Waals surface area (Å²) in [6.07, 6.45) is 5.08. The number of primary amides is 1.